The van der Waals surface area contributed by atoms with Gasteiger partial charge in [-0.05, 0) is 23.8 Å². The van der Waals surface area contributed by atoms with E-state index < -0.39 is 6.04 Å². The van der Waals surface area contributed by atoms with E-state index in [1.807, 2.05) is 54.3 Å². The third-order valence-corrected chi connectivity index (χ3v) is 5.40. The molecule has 6 heteroatoms. The Morgan fingerprint density at radius 1 is 1.04 bits per heavy atom. The molecule has 0 bridgehead atoms. The molecule has 1 atom stereocenters. The fourth-order valence-corrected chi connectivity index (χ4v) is 3.97. The molecule has 0 unspecified atom stereocenters. The molecule has 1 aromatic carbocycles. The Labute approximate surface area is 159 Å². The first-order valence-corrected chi connectivity index (χ1v) is 9.53. The number of aromatic nitrogens is 1. The van der Waals surface area contributed by atoms with Gasteiger partial charge in [-0.3, -0.25) is 14.5 Å². The van der Waals surface area contributed by atoms with Crippen molar-refractivity contribution in [3.63, 3.8) is 0 Å². The smallest absolute Gasteiger partial charge is 0.246 e. The highest BCUT2D eigenvalue weighted by atomic mass is 16.2. The molecule has 4 rings (SSSR count). The average molecular weight is 364 g/mol. The van der Waals surface area contributed by atoms with Crippen LogP contribution in [0, 0.1) is 0 Å². The number of carbonyl (C=O) groups is 2. The number of carbonyl (C=O) groups excluding carboxylic acids is 2. The number of hydrogen-bond donors (Lipinski definition) is 0. The first-order chi connectivity index (χ1) is 13.2. The maximum Gasteiger partial charge on any atom is 0.246 e. The van der Waals surface area contributed by atoms with Gasteiger partial charge in [-0.25, -0.2) is 4.98 Å². The Kier molecular flexibility index (Phi) is 4.79. The van der Waals surface area contributed by atoms with Crippen molar-refractivity contribution >= 4 is 23.3 Å². The number of rotatable bonds is 3. The van der Waals surface area contributed by atoms with Crippen LogP contribution >= 0.6 is 0 Å². The van der Waals surface area contributed by atoms with E-state index in [1.165, 1.54) is 0 Å². The monoisotopic (exact) mass is 364 g/mol. The minimum Gasteiger partial charge on any atom is -0.353 e. The zero-order valence-electron chi connectivity index (χ0n) is 15.5. The largest absolute Gasteiger partial charge is 0.353 e. The minimum atomic E-state index is -0.420. The maximum absolute atomic E-state index is 13.2. The molecule has 2 aromatic rings. The predicted octanol–water partition coefficient (Wildman–Crippen LogP) is 2.10. The molecule has 2 amide bonds. The maximum atomic E-state index is 13.2. The van der Waals surface area contributed by atoms with Crippen LogP contribution in [-0.2, 0) is 16.0 Å². The van der Waals surface area contributed by atoms with Crippen LogP contribution in [0.15, 0.2) is 48.7 Å². The molecule has 3 heterocycles. The fourth-order valence-electron chi connectivity index (χ4n) is 3.97. The molecule has 2 aliphatic heterocycles. The second kappa shape index (κ2) is 7.39. The molecule has 140 valence electrons. The van der Waals surface area contributed by atoms with Gasteiger partial charge in [0.25, 0.3) is 0 Å². The van der Waals surface area contributed by atoms with Gasteiger partial charge < -0.3 is 9.80 Å². The summed E-state index contributed by atoms with van der Waals surface area (Å²) in [6.45, 7) is 4.65. The third-order valence-electron chi connectivity index (χ3n) is 5.40. The lowest BCUT2D eigenvalue weighted by molar-refractivity contribution is -0.134. The molecule has 1 aromatic heterocycles. The van der Waals surface area contributed by atoms with Gasteiger partial charge >= 0.3 is 0 Å². The van der Waals surface area contributed by atoms with Crippen LogP contribution in [0.2, 0.25) is 0 Å². The van der Waals surface area contributed by atoms with E-state index in [0.29, 0.717) is 25.9 Å². The number of benzene rings is 1. The zero-order chi connectivity index (χ0) is 18.8. The number of anilines is 2. The van der Waals surface area contributed by atoms with Crippen molar-refractivity contribution in [1.29, 1.82) is 0 Å². The number of amides is 2. The van der Waals surface area contributed by atoms with Crippen LogP contribution in [0.4, 0.5) is 11.5 Å². The van der Waals surface area contributed by atoms with E-state index in [0.717, 1.165) is 30.2 Å². The van der Waals surface area contributed by atoms with Crippen molar-refractivity contribution in [2.75, 3.05) is 36.0 Å². The van der Waals surface area contributed by atoms with Crippen molar-refractivity contribution in [3.8, 4) is 0 Å². The lowest BCUT2D eigenvalue weighted by Crippen LogP contribution is -2.55. The summed E-state index contributed by atoms with van der Waals surface area (Å²) in [7, 11) is 0. The molecular formula is C21H24N4O2. The Morgan fingerprint density at radius 3 is 2.48 bits per heavy atom. The van der Waals surface area contributed by atoms with Crippen LogP contribution in [0.25, 0.3) is 0 Å². The van der Waals surface area contributed by atoms with Gasteiger partial charge in [0.05, 0.1) is 0 Å². The van der Waals surface area contributed by atoms with E-state index in [-0.39, 0.29) is 11.8 Å². The van der Waals surface area contributed by atoms with Crippen molar-refractivity contribution in [2.24, 2.45) is 0 Å². The molecule has 1 fully saturated rings. The second-order valence-electron chi connectivity index (χ2n) is 6.97. The molecule has 1 saturated heterocycles. The van der Waals surface area contributed by atoms with Gasteiger partial charge in [0.15, 0.2) is 0 Å². The van der Waals surface area contributed by atoms with Crippen molar-refractivity contribution in [1.82, 2.24) is 9.88 Å². The van der Waals surface area contributed by atoms with E-state index in [1.54, 1.807) is 11.1 Å². The normalized spacial score (nSPS) is 19.1. The molecule has 27 heavy (non-hydrogen) atoms. The number of fused-ring (bicyclic) bond motifs is 1. The van der Waals surface area contributed by atoms with Gasteiger partial charge in [-0.2, -0.15) is 0 Å². The van der Waals surface area contributed by atoms with Crippen LogP contribution in [0.1, 0.15) is 18.9 Å². The van der Waals surface area contributed by atoms with Crippen molar-refractivity contribution < 1.29 is 9.59 Å². The van der Waals surface area contributed by atoms with Crippen LogP contribution in [0.5, 0.6) is 0 Å². The lowest BCUT2D eigenvalue weighted by Gasteiger charge is -2.37. The molecule has 0 radical (unpaired) electrons. The van der Waals surface area contributed by atoms with Crippen molar-refractivity contribution in [2.45, 2.75) is 25.8 Å². The predicted molar refractivity (Wildman–Crippen MR) is 105 cm³/mol. The molecule has 6 nitrogen and oxygen atoms in total. The molecule has 2 aliphatic rings. The summed E-state index contributed by atoms with van der Waals surface area (Å²) in [4.78, 5) is 36.0. The first kappa shape index (κ1) is 17.5. The quantitative estimate of drug-likeness (QED) is 0.837. The Hall–Kier alpha value is -2.89. The summed E-state index contributed by atoms with van der Waals surface area (Å²) in [6.07, 6.45) is 2.78. The number of pyridine rings is 1. The number of hydrogen-bond acceptors (Lipinski definition) is 4. The fraction of sp³-hybridized carbons (Fsp3) is 0.381. The van der Waals surface area contributed by atoms with E-state index >= 15 is 0 Å². The summed E-state index contributed by atoms with van der Waals surface area (Å²) in [5.74, 6) is 1.000. The van der Waals surface area contributed by atoms with Gasteiger partial charge in [-0.15, -0.1) is 0 Å². The number of piperazine rings is 1. The van der Waals surface area contributed by atoms with E-state index in [4.69, 9.17) is 0 Å². The topological polar surface area (TPSA) is 56.8 Å². The summed E-state index contributed by atoms with van der Waals surface area (Å²) in [5, 5.41) is 0. The molecule has 0 spiro atoms. The van der Waals surface area contributed by atoms with E-state index in [2.05, 4.69) is 9.88 Å². The Balaban J connectivity index is 1.48. The van der Waals surface area contributed by atoms with Gasteiger partial charge in [0, 0.05) is 50.9 Å². The van der Waals surface area contributed by atoms with Gasteiger partial charge in [-0.1, -0.05) is 31.2 Å². The highest BCUT2D eigenvalue weighted by Gasteiger charge is 2.40. The lowest BCUT2D eigenvalue weighted by atomic mass is 10.1. The van der Waals surface area contributed by atoms with E-state index in [9.17, 15) is 9.59 Å². The summed E-state index contributed by atoms with van der Waals surface area (Å²) in [5.41, 5.74) is 1.96. The Bertz CT molecular complexity index is 831. The first-order valence-electron chi connectivity index (χ1n) is 9.53. The molecule has 0 N–H and O–H groups in total. The minimum absolute atomic E-state index is 0.00502. The van der Waals surface area contributed by atoms with Crippen LogP contribution in [-0.4, -0.2) is 53.9 Å². The molecule has 0 saturated carbocycles. The van der Waals surface area contributed by atoms with Gasteiger partial charge in [0.2, 0.25) is 11.8 Å². The third kappa shape index (κ3) is 3.27. The summed E-state index contributed by atoms with van der Waals surface area (Å²) >= 11 is 0. The van der Waals surface area contributed by atoms with Gasteiger partial charge in [0.1, 0.15) is 11.9 Å². The van der Waals surface area contributed by atoms with Crippen LogP contribution < -0.4 is 9.80 Å². The highest BCUT2D eigenvalue weighted by Crippen LogP contribution is 2.33. The summed E-state index contributed by atoms with van der Waals surface area (Å²) in [6, 6.07) is 13.3. The Morgan fingerprint density at radius 2 is 1.78 bits per heavy atom. The second-order valence-corrected chi connectivity index (χ2v) is 6.97. The number of para-hydroxylation sites is 1. The summed E-state index contributed by atoms with van der Waals surface area (Å²) < 4.78 is 0. The SMILES string of the molecule is CCC(=O)N1c2ccccc2C[C@@H]1C(=O)N1CCN(c2ccccn2)CC1. The van der Waals surface area contributed by atoms with Crippen LogP contribution in [0.3, 0.4) is 0 Å². The van der Waals surface area contributed by atoms with Crippen molar-refractivity contribution in [3.05, 3.63) is 54.2 Å². The number of nitrogens with zero attached hydrogens (tertiary/aromatic N) is 4. The molecule has 0 aliphatic carbocycles. The highest BCUT2D eigenvalue weighted by molar-refractivity contribution is 6.03. The average Bonchev–Trinajstić information content (AvgIpc) is 3.13. The zero-order valence-corrected chi connectivity index (χ0v) is 15.5. The molecular weight excluding hydrogens is 340 g/mol. The standard InChI is InChI=1S/C21H24N4O2/c1-2-20(26)25-17-8-4-3-7-16(17)15-18(25)21(27)24-13-11-23(12-14-24)19-9-5-6-10-22-19/h3-10,18H,2,11-15H2,1H3/t18-/m1/s1.